The van der Waals surface area contributed by atoms with E-state index < -0.39 is 0 Å². The van der Waals surface area contributed by atoms with Crippen molar-refractivity contribution in [2.75, 3.05) is 13.1 Å². The molecule has 1 saturated heterocycles. The Morgan fingerprint density at radius 3 is 2.95 bits per heavy atom. The minimum atomic E-state index is -0.285. The van der Waals surface area contributed by atoms with E-state index in [2.05, 4.69) is 4.98 Å². The fourth-order valence-corrected chi connectivity index (χ4v) is 2.68. The summed E-state index contributed by atoms with van der Waals surface area (Å²) in [6.07, 6.45) is 0.374. The summed E-state index contributed by atoms with van der Waals surface area (Å²) in [5.74, 6) is 0.164. The zero-order valence-corrected chi connectivity index (χ0v) is 11.0. The third-order valence-electron chi connectivity index (χ3n) is 3.91. The number of para-hydroxylation sites is 1. The van der Waals surface area contributed by atoms with Gasteiger partial charge in [-0.15, -0.1) is 0 Å². The monoisotopic (exact) mass is 258 g/mol. The number of fused-ring (bicyclic) bond motifs is 1. The molecule has 0 radical (unpaired) electrons. The van der Waals surface area contributed by atoms with Gasteiger partial charge in [0.2, 0.25) is 0 Å². The van der Waals surface area contributed by atoms with Gasteiger partial charge < -0.3 is 15.0 Å². The lowest BCUT2D eigenvalue weighted by molar-refractivity contribution is 0.0294. The number of aliphatic hydroxyl groups is 1. The van der Waals surface area contributed by atoms with Crippen molar-refractivity contribution in [3.8, 4) is 0 Å². The molecule has 19 heavy (non-hydrogen) atoms. The number of H-pyrrole nitrogens is 1. The summed E-state index contributed by atoms with van der Waals surface area (Å²) in [6, 6.07) is 9.77. The lowest BCUT2D eigenvalue weighted by atomic mass is 9.96. The van der Waals surface area contributed by atoms with Gasteiger partial charge in [0.15, 0.2) is 0 Å². The minimum absolute atomic E-state index is 0.0231. The van der Waals surface area contributed by atoms with Crippen LogP contribution < -0.4 is 0 Å². The van der Waals surface area contributed by atoms with Gasteiger partial charge in [-0.05, 0) is 24.5 Å². The first kappa shape index (κ1) is 12.2. The number of benzene rings is 1. The lowest BCUT2D eigenvalue weighted by Gasteiger charge is -2.34. The van der Waals surface area contributed by atoms with Crippen molar-refractivity contribution in [2.24, 2.45) is 5.92 Å². The quantitative estimate of drug-likeness (QED) is 0.822. The van der Waals surface area contributed by atoms with Crippen molar-refractivity contribution in [1.29, 1.82) is 0 Å². The van der Waals surface area contributed by atoms with Crippen LogP contribution in [0.5, 0.6) is 0 Å². The van der Waals surface area contributed by atoms with Crippen LogP contribution in [0.3, 0.4) is 0 Å². The van der Waals surface area contributed by atoms with Crippen LogP contribution in [0.25, 0.3) is 10.9 Å². The molecule has 2 atom stereocenters. The van der Waals surface area contributed by atoms with E-state index in [4.69, 9.17) is 0 Å². The van der Waals surface area contributed by atoms with Gasteiger partial charge in [0.05, 0.1) is 6.10 Å². The first-order valence-electron chi connectivity index (χ1n) is 6.70. The van der Waals surface area contributed by atoms with Crippen LogP contribution in [0.1, 0.15) is 23.8 Å². The van der Waals surface area contributed by atoms with E-state index in [0.29, 0.717) is 25.2 Å². The Morgan fingerprint density at radius 1 is 1.42 bits per heavy atom. The van der Waals surface area contributed by atoms with E-state index in [9.17, 15) is 9.90 Å². The molecule has 1 amide bonds. The highest BCUT2D eigenvalue weighted by atomic mass is 16.3. The summed E-state index contributed by atoms with van der Waals surface area (Å²) >= 11 is 0. The third kappa shape index (κ3) is 2.24. The predicted molar refractivity (Wildman–Crippen MR) is 74.0 cm³/mol. The van der Waals surface area contributed by atoms with E-state index in [0.717, 1.165) is 10.9 Å². The van der Waals surface area contributed by atoms with Crippen LogP contribution in [0.15, 0.2) is 30.3 Å². The standard InChI is InChI=1S/C15H18N2O2/c1-10-9-17(7-6-14(10)18)15(19)13-8-11-4-2-3-5-12(11)16-13/h2-5,8,10,14,16,18H,6-7,9H2,1H3. The second-order valence-electron chi connectivity index (χ2n) is 5.35. The number of nitrogens with zero attached hydrogens (tertiary/aromatic N) is 1. The van der Waals surface area contributed by atoms with Crippen molar-refractivity contribution in [3.05, 3.63) is 36.0 Å². The number of aliphatic hydroxyl groups excluding tert-OH is 1. The van der Waals surface area contributed by atoms with Gasteiger partial charge in [-0.2, -0.15) is 0 Å². The van der Waals surface area contributed by atoms with Crippen LogP contribution >= 0.6 is 0 Å². The second-order valence-corrected chi connectivity index (χ2v) is 5.35. The number of nitrogens with one attached hydrogen (secondary N) is 1. The molecule has 2 heterocycles. The molecule has 2 unspecified atom stereocenters. The fourth-order valence-electron chi connectivity index (χ4n) is 2.68. The molecule has 0 spiro atoms. The molecule has 0 bridgehead atoms. The zero-order chi connectivity index (χ0) is 13.4. The fraction of sp³-hybridized carbons (Fsp3) is 0.400. The average Bonchev–Trinajstić information content (AvgIpc) is 2.85. The number of carbonyl (C=O) groups is 1. The number of aromatic amines is 1. The Labute approximate surface area is 112 Å². The summed E-state index contributed by atoms with van der Waals surface area (Å²) in [5.41, 5.74) is 1.61. The molecule has 3 rings (SSSR count). The van der Waals surface area contributed by atoms with E-state index in [1.807, 2.05) is 42.2 Å². The number of aromatic nitrogens is 1. The Bertz CT molecular complexity index is 572. The number of likely N-dealkylation sites (tertiary alicyclic amines) is 1. The summed E-state index contributed by atoms with van der Waals surface area (Å²) < 4.78 is 0. The molecule has 0 saturated carbocycles. The number of carbonyl (C=O) groups excluding carboxylic acids is 1. The smallest absolute Gasteiger partial charge is 0.270 e. The van der Waals surface area contributed by atoms with Gasteiger partial charge in [0, 0.05) is 24.0 Å². The van der Waals surface area contributed by atoms with E-state index >= 15 is 0 Å². The molecule has 1 aromatic heterocycles. The molecule has 0 aliphatic carbocycles. The van der Waals surface area contributed by atoms with Gasteiger partial charge in [0.1, 0.15) is 5.69 Å². The SMILES string of the molecule is CC1CN(C(=O)c2cc3ccccc3[nH]2)CCC1O. The predicted octanol–water partition coefficient (Wildman–Crippen LogP) is 2.01. The van der Waals surface area contributed by atoms with Crippen LogP contribution in [0.4, 0.5) is 0 Å². The molecular formula is C15H18N2O2. The number of rotatable bonds is 1. The van der Waals surface area contributed by atoms with Gasteiger partial charge in [0.25, 0.3) is 5.91 Å². The summed E-state index contributed by atoms with van der Waals surface area (Å²) in [5, 5.41) is 10.8. The van der Waals surface area contributed by atoms with E-state index in [1.165, 1.54) is 0 Å². The van der Waals surface area contributed by atoms with Crippen LogP contribution in [-0.4, -0.2) is 40.1 Å². The van der Waals surface area contributed by atoms with E-state index in [1.54, 1.807) is 0 Å². The van der Waals surface area contributed by atoms with Crippen LogP contribution in [-0.2, 0) is 0 Å². The largest absolute Gasteiger partial charge is 0.393 e. The molecule has 2 N–H and O–H groups in total. The van der Waals surface area contributed by atoms with Crippen molar-refractivity contribution in [1.82, 2.24) is 9.88 Å². The molecule has 100 valence electrons. The Balaban J connectivity index is 1.83. The Morgan fingerprint density at radius 2 is 2.21 bits per heavy atom. The maximum absolute atomic E-state index is 12.4. The molecule has 1 aliphatic rings. The molecular weight excluding hydrogens is 240 g/mol. The molecule has 2 aromatic rings. The highest BCUT2D eigenvalue weighted by Crippen LogP contribution is 2.20. The van der Waals surface area contributed by atoms with Gasteiger partial charge in [-0.3, -0.25) is 4.79 Å². The number of amides is 1. The van der Waals surface area contributed by atoms with Gasteiger partial charge in [-0.1, -0.05) is 25.1 Å². The number of piperidine rings is 1. The maximum Gasteiger partial charge on any atom is 0.270 e. The zero-order valence-electron chi connectivity index (χ0n) is 11.0. The van der Waals surface area contributed by atoms with Gasteiger partial charge in [-0.25, -0.2) is 0 Å². The molecule has 1 fully saturated rings. The number of hydrogen-bond donors (Lipinski definition) is 2. The first-order chi connectivity index (χ1) is 9.15. The van der Waals surface area contributed by atoms with Crippen LogP contribution in [0, 0.1) is 5.92 Å². The summed E-state index contributed by atoms with van der Waals surface area (Å²) in [6.45, 7) is 3.23. The lowest BCUT2D eigenvalue weighted by Crippen LogP contribution is -2.45. The highest BCUT2D eigenvalue weighted by molar-refractivity contribution is 5.98. The molecule has 4 heteroatoms. The minimum Gasteiger partial charge on any atom is -0.393 e. The highest BCUT2D eigenvalue weighted by Gasteiger charge is 2.28. The Hall–Kier alpha value is -1.81. The normalized spacial score (nSPS) is 23.8. The van der Waals surface area contributed by atoms with Crippen molar-refractivity contribution in [3.63, 3.8) is 0 Å². The first-order valence-corrected chi connectivity index (χ1v) is 6.70. The van der Waals surface area contributed by atoms with Crippen molar-refractivity contribution < 1.29 is 9.90 Å². The van der Waals surface area contributed by atoms with Crippen molar-refractivity contribution in [2.45, 2.75) is 19.4 Å². The van der Waals surface area contributed by atoms with Crippen LogP contribution in [0.2, 0.25) is 0 Å². The average molecular weight is 258 g/mol. The maximum atomic E-state index is 12.4. The summed E-state index contributed by atoms with van der Waals surface area (Å²) in [4.78, 5) is 17.4. The molecule has 1 aromatic carbocycles. The second kappa shape index (κ2) is 4.70. The number of hydrogen-bond acceptors (Lipinski definition) is 2. The molecule has 1 aliphatic heterocycles. The Kier molecular flexibility index (Phi) is 3.03. The topological polar surface area (TPSA) is 56.3 Å². The van der Waals surface area contributed by atoms with Crippen molar-refractivity contribution >= 4 is 16.8 Å². The summed E-state index contributed by atoms with van der Waals surface area (Å²) in [7, 11) is 0. The third-order valence-corrected chi connectivity index (χ3v) is 3.91. The van der Waals surface area contributed by atoms with Gasteiger partial charge >= 0.3 is 0 Å². The molecule has 4 nitrogen and oxygen atoms in total. The van der Waals surface area contributed by atoms with E-state index in [-0.39, 0.29) is 17.9 Å².